The van der Waals surface area contributed by atoms with Crippen LogP contribution in [-0.4, -0.2) is 18.0 Å². The highest BCUT2D eigenvalue weighted by molar-refractivity contribution is 5.91. The van der Waals surface area contributed by atoms with E-state index in [1.807, 2.05) is 6.92 Å². The molecule has 0 spiro atoms. The molecule has 0 aromatic heterocycles. The number of carbonyl (C=O) groups excluding carboxylic acids is 1. The van der Waals surface area contributed by atoms with Crippen LogP contribution in [0.2, 0.25) is 0 Å². The average molecular weight is 114 g/mol. The maximum atomic E-state index is 10.7. The molecule has 0 aliphatic carbocycles. The Labute approximate surface area is 48.8 Å². The van der Waals surface area contributed by atoms with Gasteiger partial charge in [-0.2, -0.15) is 0 Å². The second-order valence-corrected chi connectivity index (χ2v) is 2.08. The summed E-state index contributed by atoms with van der Waals surface area (Å²) in [6, 6.07) is 0. The lowest BCUT2D eigenvalue weighted by atomic mass is 10.0. The van der Waals surface area contributed by atoms with E-state index in [4.69, 9.17) is 4.74 Å². The van der Waals surface area contributed by atoms with Gasteiger partial charge in [0.1, 0.15) is 12.2 Å². The van der Waals surface area contributed by atoms with Gasteiger partial charge in [0.05, 0.1) is 0 Å². The van der Waals surface area contributed by atoms with Crippen LogP contribution in [0, 0.1) is 0 Å². The van der Waals surface area contributed by atoms with Crippen molar-refractivity contribution in [1.29, 1.82) is 0 Å². The van der Waals surface area contributed by atoms with E-state index < -0.39 is 0 Å². The molecule has 0 radical (unpaired) electrons. The monoisotopic (exact) mass is 114 g/mol. The zero-order valence-corrected chi connectivity index (χ0v) is 5.18. The molecular formula is C6H10O2. The zero-order valence-electron chi connectivity index (χ0n) is 5.18. The molecule has 0 amide bonds. The molecule has 0 N–H and O–H groups in total. The number of rotatable bonds is 1. The number of Topliss-reactive ketones (excluding diaryl/α,β-unsaturated/α-hetero) is 1. The van der Waals surface area contributed by atoms with E-state index in [1.54, 1.807) is 6.92 Å². The molecule has 2 atom stereocenters. The van der Waals surface area contributed by atoms with Gasteiger partial charge >= 0.3 is 0 Å². The summed E-state index contributed by atoms with van der Waals surface area (Å²) in [7, 11) is 0. The summed E-state index contributed by atoms with van der Waals surface area (Å²) in [5.74, 6) is 0.257. The summed E-state index contributed by atoms with van der Waals surface area (Å²) in [4.78, 5) is 10.7. The molecule has 1 rings (SSSR count). The minimum atomic E-state index is -0.125. The van der Waals surface area contributed by atoms with Crippen molar-refractivity contribution < 1.29 is 9.53 Å². The standard InChI is InChI=1S/C6H10O2/c1-3-5-6(7)4(2)8-5/h4-5H,3H2,1-2H3. The second kappa shape index (κ2) is 1.86. The molecule has 0 saturated carbocycles. The highest BCUT2D eigenvalue weighted by Gasteiger charge is 2.35. The highest BCUT2D eigenvalue weighted by atomic mass is 16.5. The van der Waals surface area contributed by atoms with E-state index in [0.29, 0.717) is 0 Å². The largest absolute Gasteiger partial charge is 0.360 e. The number of carbonyl (C=O) groups is 1. The highest BCUT2D eigenvalue weighted by Crippen LogP contribution is 2.17. The predicted octanol–water partition coefficient (Wildman–Crippen LogP) is 0.753. The molecule has 1 heterocycles. The van der Waals surface area contributed by atoms with Crippen LogP contribution < -0.4 is 0 Å². The second-order valence-electron chi connectivity index (χ2n) is 2.08. The van der Waals surface area contributed by atoms with E-state index in [9.17, 15) is 4.79 Å². The topological polar surface area (TPSA) is 26.3 Å². The third-order valence-electron chi connectivity index (χ3n) is 1.46. The van der Waals surface area contributed by atoms with Crippen LogP contribution in [0.4, 0.5) is 0 Å². The molecule has 1 aliphatic rings. The summed E-state index contributed by atoms with van der Waals surface area (Å²) in [5.41, 5.74) is 0. The number of ketones is 1. The Bertz CT molecular complexity index is 109. The molecule has 1 saturated heterocycles. The first-order valence-electron chi connectivity index (χ1n) is 2.95. The fourth-order valence-electron chi connectivity index (χ4n) is 0.867. The molecule has 2 unspecified atom stereocenters. The Morgan fingerprint density at radius 2 is 2.38 bits per heavy atom. The third kappa shape index (κ3) is 0.650. The maximum Gasteiger partial charge on any atom is 0.189 e. The molecule has 1 aliphatic heterocycles. The van der Waals surface area contributed by atoms with Crippen LogP contribution >= 0.6 is 0 Å². The van der Waals surface area contributed by atoms with E-state index >= 15 is 0 Å². The average Bonchev–Trinajstić information content (AvgIpc) is 1.81. The minimum Gasteiger partial charge on any atom is -0.360 e. The minimum absolute atomic E-state index is 0.0787. The van der Waals surface area contributed by atoms with Gasteiger partial charge in [0, 0.05) is 0 Å². The molecule has 2 nitrogen and oxygen atoms in total. The first-order chi connectivity index (χ1) is 3.75. The molecular weight excluding hydrogens is 104 g/mol. The van der Waals surface area contributed by atoms with Crippen molar-refractivity contribution >= 4 is 5.78 Å². The van der Waals surface area contributed by atoms with Crippen molar-refractivity contribution in [2.24, 2.45) is 0 Å². The molecule has 1 fully saturated rings. The Morgan fingerprint density at radius 3 is 2.50 bits per heavy atom. The summed E-state index contributed by atoms with van der Waals surface area (Å²) in [5, 5.41) is 0. The fourth-order valence-corrected chi connectivity index (χ4v) is 0.867. The van der Waals surface area contributed by atoms with Gasteiger partial charge in [-0.15, -0.1) is 0 Å². The zero-order chi connectivity index (χ0) is 6.15. The van der Waals surface area contributed by atoms with Crippen LogP contribution in [0.3, 0.4) is 0 Å². The Morgan fingerprint density at radius 1 is 1.75 bits per heavy atom. The lowest BCUT2D eigenvalue weighted by molar-refractivity contribution is -0.169. The normalized spacial score (nSPS) is 37.0. The number of hydrogen-bond acceptors (Lipinski definition) is 2. The smallest absolute Gasteiger partial charge is 0.189 e. The van der Waals surface area contributed by atoms with Gasteiger partial charge in [0.25, 0.3) is 0 Å². The number of ether oxygens (including phenoxy) is 1. The lowest BCUT2D eigenvalue weighted by Crippen LogP contribution is -2.47. The lowest BCUT2D eigenvalue weighted by Gasteiger charge is -2.30. The van der Waals surface area contributed by atoms with Gasteiger partial charge in [-0.25, -0.2) is 0 Å². The Kier molecular flexibility index (Phi) is 1.34. The molecule has 46 valence electrons. The van der Waals surface area contributed by atoms with E-state index in [-0.39, 0.29) is 18.0 Å². The number of hydrogen-bond donors (Lipinski definition) is 0. The van der Waals surface area contributed by atoms with Crippen molar-refractivity contribution in [2.45, 2.75) is 32.5 Å². The van der Waals surface area contributed by atoms with Crippen molar-refractivity contribution in [3.05, 3.63) is 0 Å². The molecule has 2 heteroatoms. The fraction of sp³-hybridized carbons (Fsp3) is 0.833. The Balaban J connectivity index is 2.36. The van der Waals surface area contributed by atoms with Gasteiger partial charge in [0.2, 0.25) is 0 Å². The predicted molar refractivity (Wildman–Crippen MR) is 29.6 cm³/mol. The quantitative estimate of drug-likeness (QED) is 0.503. The Hall–Kier alpha value is -0.370. The van der Waals surface area contributed by atoms with Gasteiger partial charge < -0.3 is 4.74 Å². The summed E-state index contributed by atoms with van der Waals surface area (Å²) >= 11 is 0. The van der Waals surface area contributed by atoms with Gasteiger partial charge in [0.15, 0.2) is 5.78 Å². The van der Waals surface area contributed by atoms with E-state index in [0.717, 1.165) is 6.42 Å². The first kappa shape index (κ1) is 5.76. The van der Waals surface area contributed by atoms with E-state index in [2.05, 4.69) is 0 Å². The molecule has 0 aromatic carbocycles. The summed E-state index contributed by atoms with van der Waals surface area (Å²) < 4.78 is 5.05. The molecule has 0 aromatic rings. The van der Waals surface area contributed by atoms with Crippen molar-refractivity contribution in [3.8, 4) is 0 Å². The van der Waals surface area contributed by atoms with E-state index in [1.165, 1.54) is 0 Å². The third-order valence-corrected chi connectivity index (χ3v) is 1.46. The van der Waals surface area contributed by atoms with Crippen LogP contribution in [0.15, 0.2) is 0 Å². The van der Waals surface area contributed by atoms with Crippen LogP contribution in [0.5, 0.6) is 0 Å². The van der Waals surface area contributed by atoms with Crippen molar-refractivity contribution in [1.82, 2.24) is 0 Å². The van der Waals surface area contributed by atoms with Crippen molar-refractivity contribution in [2.75, 3.05) is 0 Å². The SMILES string of the molecule is CCC1OC(C)C1=O. The van der Waals surface area contributed by atoms with Gasteiger partial charge in [-0.3, -0.25) is 4.79 Å². The van der Waals surface area contributed by atoms with Crippen LogP contribution in [0.25, 0.3) is 0 Å². The van der Waals surface area contributed by atoms with Crippen LogP contribution in [0.1, 0.15) is 20.3 Å². The van der Waals surface area contributed by atoms with Crippen molar-refractivity contribution in [3.63, 3.8) is 0 Å². The summed E-state index contributed by atoms with van der Waals surface area (Å²) in [6.45, 7) is 3.74. The summed E-state index contributed by atoms with van der Waals surface area (Å²) in [6.07, 6.45) is 0.619. The maximum absolute atomic E-state index is 10.7. The molecule has 8 heavy (non-hydrogen) atoms. The van der Waals surface area contributed by atoms with Gasteiger partial charge in [-0.05, 0) is 13.3 Å². The molecule has 0 bridgehead atoms. The van der Waals surface area contributed by atoms with Crippen LogP contribution in [-0.2, 0) is 9.53 Å². The first-order valence-corrected chi connectivity index (χ1v) is 2.95. The van der Waals surface area contributed by atoms with Gasteiger partial charge in [-0.1, -0.05) is 6.92 Å².